The van der Waals surface area contributed by atoms with E-state index in [9.17, 15) is 13.2 Å². The highest BCUT2D eigenvalue weighted by atomic mass is 35.5. The molecule has 0 bridgehead atoms. The van der Waals surface area contributed by atoms with E-state index >= 15 is 0 Å². The highest BCUT2D eigenvalue weighted by Gasteiger charge is 2.28. The van der Waals surface area contributed by atoms with Gasteiger partial charge in [0.05, 0.1) is 30.8 Å². The molecule has 180 valence electrons. The quantitative estimate of drug-likeness (QED) is 0.423. The number of benzene rings is 3. The van der Waals surface area contributed by atoms with E-state index in [1.807, 2.05) is 0 Å². The van der Waals surface area contributed by atoms with Crippen molar-refractivity contribution in [1.82, 2.24) is 5.32 Å². The van der Waals surface area contributed by atoms with Crippen LogP contribution in [0.1, 0.15) is 18.5 Å². The van der Waals surface area contributed by atoms with Crippen molar-refractivity contribution in [2.24, 2.45) is 0 Å². The zero-order valence-electron chi connectivity index (χ0n) is 18.8. The van der Waals surface area contributed by atoms with Crippen molar-refractivity contribution in [3.8, 4) is 11.5 Å². The van der Waals surface area contributed by atoms with E-state index in [-0.39, 0.29) is 10.6 Å². The van der Waals surface area contributed by atoms with Crippen molar-refractivity contribution in [3.05, 3.63) is 82.3 Å². The number of rotatable bonds is 9. The molecule has 0 fully saturated rings. The number of halogens is 2. The number of methoxy groups -OCH3 is 2. The van der Waals surface area contributed by atoms with Crippen molar-refractivity contribution in [2.45, 2.75) is 17.9 Å². The third-order valence-corrected chi connectivity index (χ3v) is 7.34. The van der Waals surface area contributed by atoms with E-state index in [1.165, 1.54) is 37.4 Å². The molecule has 10 heteroatoms. The predicted molar refractivity (Wildman–Crippen MR) is 134 cm³/mol. The average molecular weight is 523 g/mol. The Kier molecular flexibility index (Phi) is 8.30. The molecule has 3 aromatic rings. The number of amides is 1. The molecule has 3 rings (SSSR count). The van der Waals surface area contributed by atoms with Crippen LogP contribution >= 0.6 is 23.2 Å². The van der Waals surface area contributed by atoms with Crippen LogP contribution in [0.5, 0.6) is 11.5 Å². The maximum atomic E-state index is 13.5. The van der Waals surface area contributed by atoms with E-state index < -0.39 is 28.5 Å². The summed E-state index contributed by atoms with van der Waals surface area (Å²) in [5.41, 5.74) is 0.939. The molecule has 0 saturated heterocycles. The Morgan fingerprint density at radius 2 is 1.68 bits per heavy atom. The fourth-order valence-electron chi connectivity index (χ4n) is 3.35. The minimum atomic E-state index is -4.10. The van der Waals surface area contributed by atoms with Gasteiger partial charge in [0.1, 0.15) is 18.0 Å². The molecule has 0 heterocycles. The molecule has 0 saturated carbocycles. The number of hydrogen-bond donors (Lipinski definition) is 1. The standard InChI is InChI=1S/C24H24Cl2N2O5S/c1-16(22-14-20(32-2)9-12-23(22)33-3)27-24(29)15-28(19-6-4-5-18(26)13-19)34(30,31)21-10-7-17(25)8-11-21/h4-14,16H,15H2,1-3H3,(H,27,29)/t16-/m0/s1. The average Bonchev–Trinajstić information content (AvgIpc) is 2.82. The molecule has 0 aromatic heterocycles. The van der Waals surface area contributed by atoms with E-state index in [4.69, 9.17) is 32.7 Å². The van der Waals surface area contributed by atoms with E-state index in [2.05, 4.69) is 5.32 Å². The van der Waals surface area contributed by atoms with E-state index in [0.717, 1.165) is 4.31 Å². The lowest BCUT2D eigenvalue weighted by Gasteiger charge is -2.25. The Labute approximate surface area is 209 Å². The Morgan fingerprint density at radius 1 is 0.971 bits per heavy atom. The van der Waals surface area contributed by atoms with Gasteiger partial charge in [-0.3, -0.25) is 9.10 Å². The Balaban J connectivity index is 1.91. The number of carbonyl (C=O) groups excluding carboxylic acids is 1. The molecule has 7 nitrogen and oxygen atoms in total. The smallest absolute Gasteiger partial charge is 0.264 e. The summed E-state index contributed by atoms with van der Waals surface area (Å²) in [4.78, 5) is 13.0. The summed E-state index contributed by atoms with van der Waals surface area (Å²) in [6.07, 6.45) is 0. The molecular formula is C24H24Cl2N2O5S. The first-order chi connectivity index (χ1) is 16.1. The summed E-state index contributed by atoms with van der Waals surface area (Å²) < 4.78 is 38.6. The van der Waals surface area contributed by atoms with Gasteiger partial charge in [0.2, 0.25) is 5.91 Å². The SMILES string of the molecule is COc1ccc(OC)c([C@H](C)NC(=O)CN(c2cccc(Cl)c2)S(=O)(=O)c2ccc(Cl)cc2)c1. The maximum absolute atomic E-state index is 13.5. The molecule has 0 spiro atoms. The van der Waals surface area contributed by atoms with Gasteiger partial charge in [-0.05, 0) is 67.6 Å². The van der Waals surface area contributed by atoms with Crippen molar-refractivity contribution >= 4 is 44.8 Å². The van der Waals surface area contributed by atoms with Crippen molar-refractivity contribution < 1.29 is 22.7 Å². The van der Waals surface area contributed by atoms with Gasteiger partial charge in [0.15, 0.2) is 0 Å². The third-order valence-electron chi connectivity index (χ3n) is 5.07. The van der Waals surface area contributed by atoms with Gasteiger partial charge in [0.25, 0.3) is 10.0 Å². The number of ether oxygens (including phenoxy) is 2. The van der Waals surface area contributed by atoms with Gasteiger partial charge in [-0.1, -0.05) is 29.3 Å². The van der Waals surface area contributed by atoms with Crippen LogP contribution in [0.15, 0.2) is 71.6 Å². The molecule has 1 atom stereocenters. The summed E-state index contributed by atoms with van der Waals surface area (Å²) >= 11 is 12.0. The van der Waals surface area contributed by atoms with Crippen LogP contribution in [0.4, 0.5) is 5.69 Å². The zero-order chi connectivity index (χ0) is 24.9. The Hall–Kier alpha value is -2.94. The van der Waals surface area contributed by atoms with Crippen LogP contribution in [0.2, 0.25) is 10.0 Å². The first kappa shape index (κ1) is 25.7. The maximum Gasteiger partial charge on any atom is 0.264 e. The lowest BCUT2D eigenvalue weighted by molar-refractivity contribution is -0.120. The summed E-state index contributed by atoms with van der Waals surface area (Å²) in [5, 5.41) is 3.57. The number of carbonyl (C=O) groups is 1. The lowest BCUT2D eigenvalue weighted by Crippen LogP contribution is -2.41. The predicted octanol–water partition coefficient (Wildman–Crippen LogP) is 5.08. The first-order valence-corrected chi connectivity index (χ1v) is 12.4. The molecule has 0 radical (unpaired) electrons. The van der Waals surface area contributed by atoms with Gasteiger partial charge < -0.3 is 14.8 Å². The molecular weight excluding hydrogens is 499 g/mol. The van der Waals surface area contributed by atoms with Crippen LogP contribution in [0.3, 0.4) is 0 Å². The molecule has 1 N–H and O–H groups in total. The van der Waals surface area contributed by atoms with E-state index in [1.54, 1.807) is 50.4 Å². The Morgan fingerprint density at radius 3 is 2.29 bits per heavy atom. The summed E-state index contributed by atoms with van der Waals surface area (Å²) in [6, 6.07) is 16.8. The summed E-state index contributed by atoms with van der Waals surface area (Å²) in [5.74, 6) is 0.645. The van der Waals surface area contributed by atoms with Crippen LogP contribution in [0, 0.1) is 0 Å². The molecule has 1 amide bonds. The number of anilines is 1. The molecule has 3 aromatic carbocycles. The second-order valence-electron chi connectivity index (χ2n) is 7.34. The number of sulfonamides is 1. The highest BCUT2D eigenvalue weighted by Crippen LogP contribution is 2.30. The molecule has 0 aliphatic rings. The monoisotopic (exact) mass is 522 g/mol. The number of hydrogen-bond acceptors (Lipinski definition) is 5. The summed E-state index contributed by atoms with van der Waals surface area (Å²) in [6.45, 7) is 1.30. The highest BCUT2D eigenvalue weighted by molar-refractivity contribution is 7.92. The second kappa shape index (κ2) is 11.0. The van der Waals surface area contributed by atoms with Crippen LogP contribution in [-0.2, 0) is 14.8 Å². The third kappa shape index (κ3) is 5.94. The topological polar surface area (TPSA) is 84.9 Å². The zero-order valence-corrected chi connectivity index (χ0v) is 21.1. The number of nitrogens with zero attached hydrogens (tertiary/aromatic N) is 1. The molecule has 34 heavy (non-hydrogen) atoms. The van der Waals surface area contributed by atoms with Crippen LogP contribution in [0.25, 0.3) is 0 Å². The first-order valence-electron chi connectivity index (χ1n) is 10.2. The van der Waals surface area contributed by atoms with Crippen molar-refractivity contribution in [2.75, 3.05) is 25.1 Å². The van der Waals surface area contributed by atoms with Gasteiger partial charge >= 0.3 is 0 Å². The Bertz CT molecular complexity index is 1270. The van der Waals surface area contributed by atoms with Gasteiger partial charge in [-0.15, -0.1) is 0 Å². The fourth-order valence-corrected chi connectivity index (χ4v) is 5.08. The molecule has 0 unspecified atom stereocenters. The summed E-state index contributed by atoms with van der Waals surface area (Å²) in [7, 11) is -1.03. The second-order valence-corrected chi connectivity index (χ2v) is 10.1. The van der Waals surface area contributed by atoms with Gasteiger partial charge in [0, 0.05) is 15.6 Å². The lowest BCUT2D eigenvalue weighted by atomic mass is 10.1. The van der Waals surface area contributed by atoms with Gasteiger partial charge in [-0.2, -0.15) is 0 Å². The number of nitrogens with one attached hydrogen (secondary N) is 1. The van der Waals surface area contributed by atoms with E-state index in [0.29, 0.717) is 27.1 Å². The minimum absolute atomic E-state index is 0.00723. The molecule has 0 aliphatic carbocycles. The van der Waals surface area contributed by atoms with Gasteiger partial charge in [-0.25, -0.2) is 8.42 Å². The van der Waals surface area contributed by atoms with Crippen molar-refractivity contribution in [3.63, 3.8) is 0 Å². The molecule has 0 aliphatic heterocycles. The van der Waals surface area contributed by atoms with Crippen molar-refractivity contribution in [1.29, 1.82) is 0 Å². The minimum Gasteiger partial charge on any atom is -0.497 e. The largest absolute Gasteiger partial charge is 0.497 e. The van der Waals surface area contributed by atoms with Crippen LogP contribution in [-0.4, -0.2) is 35.1 Å². The normalized spacial score (nSPS) is 12.0. The fraction of sp³-hybridized carbons (Fsp3) is 0.208. The van der Waals surface area contributed by atoms with Crippen LogP contribution < -0.4 is 19.1 Å².